The Balaban J connectivity index is 1.98. The number of ether oxygens (including phenoxy) is 1. The average molecular weight is 395 g/mol. The van der Waals surface area contributed by atoms with Gasteiger partial charge in [-0.1, -0.05) is 17.7 Å². The number of hydrogen-bond acceptors (Lipinski definition) is 4. The number of anilines is 2. The molecular formula is C18H17ClF2N4O2. The van der Waals surface area contributed by atoms with E-state index in [-0.39, 0.29) is 28.9 Å². The first-order chi connectivity index (χ1) is 12.9. The predicted molar refractivity (Wildman–Crippen MR) is 99.8 cm³/mol. The van der Waals surface area contributed by atoms with E-state index in [9.17, 15) is 13.6 Å². The lowest BCUT2D eigenvalue weighted by Crippen LogP contribution is -2.25. The molecule has 27 heavy (non-hydrogen) atoms. The largest absolute Gasteiger partial charge is 0.433 e. The van der Waals surface area contributed by atoms with E-state index in [0.29, 0.717) is 11.2 Å². The van der Waals surface area contributed by atoms with Crippen LogP contribution in [0.2, 0.25) is 5.02 Å². The second-order valence-corrected chi connectivity index (χ2v) is 6.35. The van der Waals surface area contributed by atoms with Crippen LogP contribution in [0.25, 0.3) is 10.9 Å². The summed E-state index contributed by atoms with van der Waals surface area (Å²) in [5, 5.41) is 3.90. The number of fused-ring (bicyclic) bond motifs is 1. The van der Waals surface area contributed by atoms with E-state index in [2.05, 4.69) is 15.0 Å². The molecule has 1 amide bonds. The highest BCUT2D eigenvalue weighted by molar-refractivity contribution is 6.33. The molecule has 1 aromatic carbocycles. The number of aromatic nitrogens is 2. The normalized spacial score (nSPS) is 11.0. The van der Waals surface area contributed by atoms with E-state index in [0.717, 1.165) is 5.52 Å². The number of likely N-dealkylation sites (N-methyl/N-ethyl adjacent to an activating group) is 1. The average Bonchev–Trinajstić information content (AvgIpc) is 3.01. The summed E-state index contributed by atoms with van der Waals surface area (Å²) in [7, 11) is 3.37. The Labute approximate surface area is 159 Å². The summed E-state index contributed by atoms with van der Waals surface area (Å²) in [4.78, 5) is 17.8. The molecule has 0 aliphatic heterocycles. The van der Waals surface area contributed by atoms with Crippen LogP contribution < -0.4 is 10.1 Å². The monoisotopic (exact) mass is 394 g/mol. The van der Waals surface area contributed by atoms with E-state index in [1.807, 2.05) is 0 Å². The maximum Gasteiger partial charge on any atom is 0.387 e. The number of carbonyl (C=O) groups excluding carboxylic acids is 1. The van der Waals surface area contributed by atoms with Crippen LogP contribution in [0.1, 0.15) is 0 Å². The maximum atomic E-state index is 12.7. The molecule has 0 unspecified atom stereocenters. The Morgan fingerprint density at radius 3 is 2.81 bits per heavy atom. The van der Waals surface area contributed by atoms with E-state index < -0.39 is 6.61 Å². The van der Waals surface area contributed by atoms with Crippen molar-refractivity contribution in [3.05, 3.63) is 47.7 Å². The third-order valence-corrected chi connectivity index (χ3v) is 4.25. The fraction of sp³-hybridized carbons (Fsp3) is 0.222. The van der Waals surface area contributed by atoms with Crippen LogP contribution in [0.5, 0.6) is 5.75 Å². The van der Waals surface area contributed by atoms with Crippen molar-refractivity contribution in [3.8, 4) is 5.75 Å². The molecular weight excluding hydrogens is 378 g/mol. The van der Waals surface area contributed by atoms with Gasteiger partial charge in [-0.3, -0.25) is 4.79 Å². The SMILES string of the molecule is CN(C)C(=O)Cn1ccc2c(Nc3c(Cl)cccc3OC(F)F)nccc21. The van der Waals surface area contributed by atoms with Crippen LogP contribution in [0.15, 0.2) is 42.7 Å². The van der Waals surface area contributed by atoms with Crippen LogP contribution in [0.3, 0.4) is 0 Å². The van der Waals surface area contributed by atoms with E-state index >= 15 is 0 Å². The second-order valence-electron chi connectivity index (χ2n) is 5.94. The summed E-state index contributed by atoms with van der Waals surface area (Å²) < 4.78 is 31.6. The summed E-state index contributed by atoms with van der Waals surface area (Å²) in [6.45, 7) is -2.81. The summed E-state index contributed by atoms with van der Waals surface area (Å²) in [5.41, 5.74) is 0.961. The number of nitrogens with one attached hydrogen (secondary N) is 1. The molecule has 0 spiro atoms. The number of carbonyl (C=O) groups is 1. The number of halogens is 3. The molecule has 3 aromatic rings. The summed E-state index contributed by atoms with van der Waals surface area (Å²) in [6, 6.07) is 8.03. The van der Waals surface area contributed by atoms with Crippen molar-refractivity contribution in [1.82, 2.24) is 14.5 Å². The minimum absolute atomic E-state index is 0.0578. The number of pyridine rings is 1. The van der Waals surface area contributed by atoms with E-state index in [1.165, 1.54) is 17.0 Å². The van der Waals surface area contributed by atoms with Gasteiger partial charge in [0.05, 0.1) is 10.5 Å². The smallest absolute Gasteiger partial charge is 0.387 e. The Bertz CT molecular complexity index is 975. The molecule has 142 valence electrons. The van der Waals surface area contributed by atoms with Crippen molar-refractivity contribution >= 4 is 39.9 Å². The van der Waals surface area contributed by atoms with Gasteiger partial charge in [-0.15, -0.1) is 0 Å². The zero-order valence-electron chi connectivity index (χ0n) is 14.6. The van der Waals surface area contributed by atoms with Crippen molar-refractivity contribution in [2.75, 3.05) is 19.4 Å². The van der Waals surface area contributed by atoms with E-state index in [1.54, 1.807) is 49.3 Å². The molecule has 1 N–H and O–H groups in total. The van der Waals surface area contributed by atoms with Crippen molar-refractivity contribution in [2.24, 2.45) is 0 Å². The lowest BCUT2D eigenvalue weighted by molar-refractivity contribution is -0.129. The van der Waals surface area contributed by atoms with Crippen molar-refractivity contribution in [1.29, 1.82) is 0 Å². The molecule has 6 nitrogen and oxygen atoms in total. The Morgan fingerprint density at radius 2 is 2.11 bits per heavy atom. The fourth-order valence-electron chi connectivity index (χ4n) is 2.59. The first kappa shape index (κ1) is 18.9. The molecule has 0 saturated carbocycles. The van der Waals surface area contributed by atoms with Gasteiger partial charge < -0.3 is 19.5 Å². The van der Waals surface area contributed by atoms with Gasteiger partial charge in [-0.25, -0.2) is 4.98 Å². The minimum atomic E-state index is -2.98. The first-order valence-corrected chi connectivity index (χ1v) is 8.39. The summed E-state index contributed by atoms with van der Waals surface area (Å²) >= 11 is 6.15. The molecule has 0 aliphatic carbocycles. The highest BCUT2D eigenvalue weighted by Crippen LogP contribution is 2.36. The summed E-state index contributed by atoms with van der Waals surface area (Å²) in [5.74, 6) is 0.270. The number of nitrogens with zero attached hydrogens (tertiary/aromatic N) is 3. The van der Waals surface area contributed by atoms with Gasteiger partial charge in [-0.2, -0.15) is 8.78 Å². The molecule has 0 bridgehead atoms. The third kappa shape index (κ3) is 4.11. The molecule has 0 saturated heterocycles. The van der Waals surface area contributed by atoms with Gasteiger partial charge in [0.2, 0.25) is 5.91 Å². The van der Waals surface area contributed by atoms with Gasteiger partial charge in [0.25, 0.3) is 0 Å². The Hall–Kier alpha value is -2.87. The van der Waals surface area contributed by atoms with Crippen LogP contribution in [0, 0.1) is 0 Å². The lowest BCUT2D eigenvalue weighted by Gasteiger charge is -2.15. The number of rotatable bonds is 6. The van der Waals surface area contributed by atoms with Crippen molar-refractivity contribution < 1.29 is 18.3 Å². The molecule has 0 fully saturated rings. The number of benzene rings is 1. The number of amides is 1. The second kappa shape index (κ2) is 7.79. The standard InChI is InChI=1S/C18H17ClF2N4O2/c1-24(2)15(26)10-25-9-7-11-13(25)6-8-22-17(11)23-16-12(19)4-3-5-14(16)27-18(20)21/h3-9,18H,10H2,1-2H3,(H,22,23). The molecule has 0 atom stereocenters. The lowest BCUT2D eigenvalue weighted by atomic mass is 10.2. The minimum Gasteiger partial charge on any atom is -0.433 e. The van der Waals surface area contributed by atoms with Crippen molar-refractivity contribution in [3.63, 3.8) is 0 Å². The Morgan fingerprint density at radius 1 is 1.33 bits per heavy atom. The topological polar surface area (TPSA) is 59.4 Å². The zero-order valence-corrected chi connectivity index (χ0v) is 15.4. The van der Waals surface area contributed by atoms with Crippen LogP contribution in [0.4, 0.5) is 20.3 Å². The van der Waals surface area contributed by atoms with Gasteiger partial charge in [-0.05, 0) is 24.3 Å². The first-order valence-electron chi connectivity index (χ1n) is 8.01. The maximum absolute atomic E-state index is 12.7. The molecule has 3 rings (SSSR count). The van der Waals surface area contributed by atoms with Crippen LogP contribution in [-0.2, 0) is 11.3 Å². The van der Waals surface area contributed by atoms with Gasteiger partial charge in [0.15, 0.2) is 5.75 Å². The molecule has 2 heterocycles. The fourth-order valence-corrected chi connectivity index (χ4v) is 2.80. The molecule has 0 aliphatic rings. The van der Waals surface area contributed by atoms with Crippen molar-refractivity contribution in [2.45, 2.75) is 13.2 Å². The summed E-state index contributed by atoms with van der Waals surface area (Å²) in [6.07, 6.45) is 3.33. The van der Waals surface area contributed by atoms with Crippen LogP contribution >= 0.6 is 11.6 Å². The predicted octanol–water partition coefficient (Wildman–Crippen LogP) is 4.12. The highest BCUT2D eigenvalue weighted by Gasteiger charge is 2.16. The molecule has 2 aromatic heterocycles. The van der Waals surface area contributed by atoms with Gasteiger partial charge >= 0.3 is 6.61 Å². The number of para-hydroxylation sites is 1. The number of hydrogen-bond donors (Lipinski definition) is 1. The molecule has 0 radical (unpaired) electrons. The number of alkyl halides is 2. The van der Waals surface area contributed by atoms with Gasteiger partial charge in [0, 0.05) is 31.9 Å². The van der Waals surface area contributed by atoms with Crippen LogP contribution in [-0.4, -0.2) is 41.1 Å². The highest BCUT2D eigenvalue weighted by atomic mass is 35.5. The Kier molecular flexibility index (Phi) is 5.46. The zero-order chi connectivity index (χ0) is 19.6. The van der Waals surface area contributed by atoms with Gasteiger partial charge in [0.1, 0.15) is 18.1 Å². The third-order valence-electron chi connectivity index (χ3n) is 3.94. The van der Waals surface area contributed by atoms with E-state index in [4.69, 9.17) is 11.6 Å². The molecule has 9 heteroatoms. The quantitative estimate of drug-likeness (QED) is 0.683.